The molecule has 1 aliphatic heterocycles. The standard InChI is InChI=1S/C13H21N3OS2/c17-13(14-8-10-16-9-3-7-15-16)5-2-1-4-12-6-11-18-19-12/h3,7,9,12H,1-2,4-6,8,10-11H2,(H,14,17). The zero-order valence-corrected chi connectivity index (χ0v) is 12.7. The monoisotopic (exact) mass is 299 g/mol. The number of hydrogen-bond donors (Lipinski definition) is 1. The van der Waals surface area contributed by atoms with Crippen LogP contribution in [0.3, 0.4) is 0 Å². The summed E-state index contributed by atoms with van der Waals surface area (Å²) in [6.45, 7) is 1.41. The van der Waals surface area contributed by atoms with Gasteiger partial charge >= 0.3 is 0 Å². The van der Waals surface area contributed by atoms with Crippen LogP contribution >= 0.6 is 21.6 Å². The van der Waals surface area contributed by atoms with E-state index in [-0.39, 0.29) is 5.91 Å². The molecule has 0 aromatic carbocycles. The lowest BCUT2D eigenvalue weighted by Gasteiger charge is -2.07. The summed E-state index contributed by atoms with van der Waals surface area (Å²) >= 11 is 0. The number of rotatable bonds is 8. The third kappa shape index (κ3) is 5.91. The van der Waals surface area contributed by atoms with Crippen molar-refractivity contribution in [3.63, 3.8) is 0 Å². The summed E-state index contributed by atoms with van der Waals surface area (Å²) in [5.74, 6) is 1.46. The van der Waals surface area contributed by atoms with Crippen LogP contribution < -0.4 is 5.32 Å². The molecular formula is C13H21N3OS2. The van der Waals surface area contributed by atoms with Crippen molar-refractivity contribution in [1.29, 1.82) is 0 Å². The Balaban J connectivity index is 1.45. The van der Waals surface area contributed by atoms with Gasteiger partial charge in [0.2, 0.25) is 5.91 Å². The maximum Gasteiger partial charge on any atom is 0.220 e. The molecule has 0 saturated carbocycles. The quantitative estimate of drug-likeness (QED) is 0.592. The Morgan fingerprint density at radius 1 is 1.47 bits per heavy atom. The molecule has 1 aromatic heterocycles. The molecule has 1 aliphatic rings. The Kier molecular flexibility index (Phi) is 6.64. The smallest absolute Gasteiger partial charge is 0.220 e. The molecule has 106 valence electrons. The average molecular weight is 299 g/mol. The van der Waals surface area contributed by atoms with Crippen molar-refractivity contribution in [3.8, 4) is 0 Å². The fourth-order valence-corrected chi connectivity index (χ4v) is 5.08. The van der Waals surface area contributed by atoms with Crippen molar-refractivity contribution in [2.24, 2.45) is 0 Å². The minimum absolute atomic E-state index is 0.167. The van der Waals surface area contributed by atoms with Crippen LogP contribution in [0.4, 0.5) is 0 Å². The largest absolute Gasteiger partial charge is 0.354 e. The topological polar surface area (TPSA) is 46.9 Å². The number of unbranched alkanes of at least 4 members (excludes halogenated alkanes) is 1. The molecule has 2 heterocycles. The first-order chi connectivity index (χ1) is 9.34. The van der Waals surface area contributed by atoms with Crippen molar-refractivity contribution < 1.29 is 4.79 Å². The average Bonchev–Trinajstić information content (AvgIpc) is 3.07. The van der Waals surface area contributed by atoms with Gasteiger partial charge in [-0.25, -0.2) is 0 Å². The summed E-state index contributed by atoms with van der Waals surface area (Å²) < 4.78 is 1.83. The first-order valence-electron chi connectivity index (χ1n) is 6.87. The van der Waals surface area contributed by atoms with Gasteiger partial charge in [-0.1, -0.05) is 28.0 Å². The second kappa shape index (κ2) is 8.53. The van der Waals surface area contributed by atoms with E-state index >= 15 is 0 Å². The van der Waals surface area contributed by atoms with Crippen molar-refractivity contribution >= 4 is 27.5 Å². The molecule has 0 spiro atoms. The lowest BCUT2D eigenvalue weighted by atomic mass is 10.1. The van der Waals surface area contributed by atoms with Gasteiger partial charge in [-0.05, 0) is 25.3 Å². The summed E-state index contributed by atoms with van der Waals surface area (Å²) in [5.41, 5.74) is 0. The predicted molar refractivity (Wildman–Crippen MR) is 82.2 cm³/mol. The van der Waals surface area contributed by atoms with Gasteiger partial charge in [-0.3, -0.25) is 9.48 Å². The minimum atomic E-state index is 0.167. The van der Waals surface area contributed by atoms with E-state index in [1.165, 1.54) is 25.0 Å². The van der Waals surface area contributed by atoms with Gasteiger partial charge in [-0.2, -0.15) is 5.10 Å². The molecule has 2 rings (SSSR count). The summed E-state index contributed by atoms with van der Waals surface area (Å²) in [6, 6.07) is 1.89. The Labute approximate surface area is 122 Å². The zero-order valence-electron chi connectivity index (χ0n) is 11.1. The second-order valence-corrected chi connectivity index (χ2v) is 7.48. The molecule has 1 aromatic rings. The third-order valence-electron chi connectivity index (χ3n) is 3.13. The number of carbonyl (C=O) groups is 1. The van der Waals surface area contributed by atoms with Crippen molar-refractivity contribution in [1.82, 2.24) is 15.1 Å². The van der Waals surface area contributed by atoms with Crippen LogP contribution in [0.15, 0.2) is 18.5 Å². The fraction of sp³-hybridized carbons (Fsp3) is 0.692. The van der Waals surface area contributed by atoms with Crippen molar-refractivity contribution in [2.45, 2.75) is 43.9 Å². The van der Waals surface area contributed by atoms with E-state index < -0.39 is 0 Å². The molecule has 1 amide bonds. The molecule has 0 aliphatic carbocycles. The van der Waals surface area contributed by atoms with Gasteiger partial charge in [0.15, 0.2) is 0 Å². The Morgan fingerprint density at radius 2 is 2.42 bits per heavy atom. The highest BCUT2D eigenvalue weighted by molar-refractivity contribution is 8.77. The van der Waals surface area contributed by atoms with E-state index in [4.69, 9.17) is 0 Å². The van der Waals surface area contributed by atoms with Gasteiger partial charge in [0.25, 0.3) is 0 Å². The Morgan fingerprint density at radius 3 is 3.16 bits per heavy atom. The van der Waals surface area contributed by atoms with Crippen LogP contribution in [0.25, 0.3) is 0 Å². The SMILES string of the molecule is O=C(CCCCC1CCSS1)NCCn1cccn1. The minimum Gasteiger partial charge on any atom is -0.354 e. The van der Waals surface area contributed by atoms with Gasteiger partial charge in [0.1, 0.15) is 0 Å². The highest BCUT2D eigenvalue weighted by Gasteiger charge is 2.15. The molecule has 0 radical (unpaired) electrons. The number of nitrogens with one attached hydrogen (secondary N) is 1. The predicted octanol–water partition coefficient (Wildman–Crippen LogP) is 2.71. The lowest BCUT2D eigenvalue weighted by molar-refractivity contribution is -0.121. The maximum absolute atomic E-state index is 11.6. The highest BCUT2D eigenvalue weighted by atomic mass is 33.1. The molecule has 19 heavy (non-hydrogen) atoms. The molecular weight excluding hydrogens is 278 g/mol. The summed E-state index contributed by atoms with van der Waals surface area (Å²) in [4.78, 5) is 11.6. The van der Waals surface area contributed by atoms with Gasteiger partial charge in [0.05, 0.1) is 6.54 Å². The Hall–Kier alpha value is -0.620. The molecule has 4 nitrogen and oxygen atoms in total. The van der Waals surface area contributed by atoms with Crippen LogP contribution in [0.2, 0.25) is 0 Å². The summed E-state index contributed by atoms with van der Waals surface area (Å²) in [7, 11) is 4.01. The summed E-state index contributed by atoms with van der Waals surface area (Å²) in [5, 5.41) is 7.86. The van der Waals surface area contributed by atoms with Crippen LogP contribution in [0, 0.1) is 0 Å². The van der Waals surface area contributed by atoms with Gasteiger partial charge < -0.3 is 5.32 Å². The fourth-order valence-electron chi connectivity index (χ4n) is 2.05. The van der Waals surface area contributed by atoms with Gasteiger partial charge in [-0.15, -0.1) is 0 Å². The van der Waals surface area contributed by atoms with E-state index in [0.29, 0.717) is 13.0 Å². The Bertz CT molecular complexity index is 364. The highest BCUT2D eigenvalue weighted by Crippen LogP contribution is 2.39. The molecule has 6 heteroatoms. The van der Waals surface area contributed by atoms with Crippen LogP contribution in [0.5, 0.6) is 0 Å². The molecule has 0 bridgehead atoms. The molecule has 1 fully saturated rings. The summed E-state index contributed by atoms with van der Waals surface area (Å²) in [6.07, 6.45) is 9.10. The van der Waals surface area contributed by atoms with E-state index in [0.717, 1.165) is 18.2 Å². The van der Waals surface area contributed by atoms with Crippen LogP contribution in [-0.2, 0) is 11.3 Å². The number of nitrogens with zero attached hydrogens (tertiary/aromatic N) is 2. The number of hydrogen-bond acceptors (Lipinski definition) is 4. The first kappa shape index (κ1) is 14.8. The zero-order chi connectivity index (χ0) is 13.3. The van der Waals surface area contributed by atoms with Crippen molar-refractivity contribution in [3.05, 3.63) is 18.5 Å². The first-order valence-corrected chi connectivity index (χ1v) is 9.25. The molecule has 1 saturated heterocycles. The van der Waals surface area contributed by atoms with E-state index in [9.17, 15) is 4.79 Å². The number of aromatic nitrogens is 2. The van der Waals surface area contributed by atoms with Crippen LogP contribution in [-0.4, -0.2) is 33.2 Å². The van der Waals surface area contributed by atoms with Crippen LogP contribution in [0.1, 0.15) is 32.1 Å². The lowest BCUT2D eigenvalue weighted by Crippen LogP contribution is -2.27. The molecule has 1 atom stereocenters. The second-order valence-electron chi connectivity index (χ2n) is 4.69. The molecule has 1 unspecified atom stereocenters. The molecule has 1 N–H and O–H groups in total. The van der Waals surface area contributed by atoms with E-state index in [1.54, 1.807) is 6.20 Å². The van der Waals surface area contributed by atoms with E-state index in [2.05, 4.69) is 10.4 Å². The normalized spacial score (nSPS) is 18.6. The van der Waals surface area contributed by atoms with Crippen molar-refractivity contribution in [2.75, 3.05) is 12.3 Å². The van der Waals surface area contributed by atoms with E-state index in [1.807, 2.05) is 38.5 Å². The third-order valence-corrected chi connectivity index (χ3v) is 6.14. The number of amides is 1. The van der Waals surface area contributed by atoms with Gasteiger partial charge in [0, 0.05) is 36.4 Å². The maximum atomic E-state index is 11.6. The number of carbonyl (C=O) groups excluding carboxylic acids is 1.